The van der Waals surface area contributed by atoms with E-state index in [1.54, 1.807) is 6.20 Å². The Kier molecular flexibility index (Phi) is 3.29. The highest BCUT2D eigenvalue weighted by molar-refractivity contribution is 5.42. The average Bonchev–Trinajstić information content (AvgIpc) is 2.39. The van der Waals surface area contributed by atoms with Crippen LogP contribution in [0, 0.1) is 11.3 Å². The maximum Gasteiger partial charge on any atom is 0.128 e. The largest absolute Gasteiger partial charge is 0.372 e. The molecule has 1 aliphatic heterocycles. The number of hydrogen-bond acceptors (Lipinski definition) is 4. The van der Waals surface area contributed by atoms with Crippen molar-refractivity contribution in [1.82, 2.24) is 9.88 Å². The molecule has 0 aromatic carbocycles. The summed E-state index contributed by atoms with van der Waals surface area (Å²) in [6.07, 6.45) is 1.63. The van der Waals surface area contributed by atoms with Gasteiger partial charge in [-0.1, -0.05) is 6.58 Å². The second-order valence-electron chi connectivity index (χ2n) is 4.23. The Balaban J connectivity index is 2.00. The molecule has 4 nitrogen and oxygen atoms in total. The fourth-order valence-electron chi connectivity index (χ4n) is 1.96. The zero-order valence-electron chi connectivity index (χ0n) is 10.1. The Bertz CT molecular complexity index is 435. The van der Waals surface area contributed by atoms with Gasteiger partial charge >= 0.3 is 0 Å². The minimum absolute atomic E-state index is 0.606. The van der Waals surface area contributed by atoms with Crippen LogP contribution in [0.3, 0.4) is 0 Å². The standard InChI is InChI=1S/C13H16N4/c1-11(2)16-5-7-17(8-6-16)13-4-3-12(9-14)10-15-13/h3-4,10H,1,5-8H2,2H3. The zero-order chi connectivity index (χ0) is 12.3. The second-order valence-corrected chi connectivity index (χ2v) is 4.23. The van der Waals surface area contributed by atoms with Crippen LogP contribution in [0.2, 0.25) is 0 Å². The molecular weight excluding hydrogens is 212 g/mol. The van der Waals surface area contributed by atoms with Crippen molar-refractivity contribution >= 4 is 5.82 Å². The Hall–Kier alpha value is -2.02. The molecule has 0 saturated carbocycles. The Morgan fingerprint density at radius 2 is 2.06 bits per heavy atom. The predicted molar refractivity (Wildman–Crippen MR) is 67.6 cm³/mol. The number of nitriles is 1. The van der Waals surface area contributed by atoms with Crippen LogP contribution in [0.5, 0.6) is 0 Å². The lowest BCUT2D eigenvalue weighted by atomic mass is 10.2. The topological polar surface area (TPSA) is 43.2 Å². The average molecular weight is 228 g/mol. The zero-order valence-corrected chi connectivity index (χ0v) is 10.1. The van der Waals surface area contributed by atoms with Crippen LogP contribution >= 0.6 is 0 Å². The van der Waals surface area contributed by atoms with Gasteiger partial charge in [-0.05, 0) is 19.1 Å². The van der Waals surface area contributed by atoms with Crippen LogP contribution in [0.1, 0.15) is 12.5 Å². The molecule has 88 valence electrons. The van der Waals surface area contributed by atoms with Crippen LogP contribution < -0.4 is 4.90 Å². The summed E-state index contributed by atoms with van der Waals surface area (Å²) in [6, 6.07) is 5.80. The molecule has 1 aromatic rings. The first kappa shape index (κ1) is 11.5. The maximum atomic E-state index is 8.71. The van der Waals surface area contributed by atoms with Crippen molar-refractivity contribution in [3.8, 4) is 6.07 Å². The molecule has 1 aromatic heterocycles. The summed E-state index contributed by atoms with van der Waals surface area (Å²) in [5.41, 5.74) is 1.73. The normalized spacial score (nSPS) is 15.5. The molecule has 1 saturated heterocycles. The molecule has 2 rings (SSSR count). The minimum atomic E-state index is 0.606. The molecule has 1 aliphatic rings. The van der Waals surface area contributed by atoms with Crippen molar-refractivity contribution in [2.45, 2.75) is 6.92 Å². The van der Waals surface area contributed by atoms with Crippen molar-refractivity contribution in [1.29, 1.82) is 5.26 Å². The molecule has 0 amide bonds. The lowest BCUT2D eigenvalue weighted by Gasteiger charge is -2.36. The van der Waals surface area contributed by atoms with Crippen LogP contribution in [0.25, 0.3) is 0 Å². The minimum Gasteiger partial charge on any atom is -0.372 e. The van der Waals surface area contributed by atoms with Crippen molar-refractivity contribution in [2.24, 2.45) is 0 Å². The second kappa shape index (κ2) is 4.88. The van der Waals surface area contributed by atoms with Gasteiger partial charge in [-0.3, -0.25) is 0 Å². The highest BCUT2D eigenvalue weighted by atomic mass is 15.3. The summed E-state index contributed by atoms with van der Waals surface area (Å²) >= 11 is 0. The van der Waals surface area contributed by atoms with E-state index in [0.717, 1.165) is 37.7 Å². The lowest BCUT2D eigenvalue weighted by molar-refractivity contribution is 0.322. The first-order valence-electron chi connectivity index (χ1n) is 5.72. The SMILES string of the molecule is C=C(C)N1CCN(c2ccc(C#N)cn2)CC1. The van der Waals surface area contributed by atoms with Crippen molar-refractivity contribution in [3.05, 3.63) is 36.2 Å². The Morgan fingerprint density at radius 3 is 2.53 bits per heavy atom. The molecule has 17 heavy (non-hydrogen) atoms. The third-order valence-corrected chi connectivity index (χ3v) is 3.02. The summed E-state index contributed by atoms with van der Waals surface area (Å²) in [6.45, 7) is 9.86. The van der Waals surface area contributed by atoms with E-state index in [-0.39, 0.29) is 0 Å². The molecule has 0 N–H and O–H groups in total. The first-order valence-corrected chi connectivity index (χ1v) is 5.72. The van der Waals surface area contributed by atoms with Gasteiger partial charge in [0.05, 0.1) is 5.56 Å². The number of aromatic nitrogens is 1. The molecule has 4 heteroatoms. The summed E-state index contributed by atoms with van der Waals surface area (Å²) < 4.78 is 0. The van der Waals surface area contributed by atoms with Crippen molar-refractivity contribution in [2.75, 3.05) is 31.1 Å². The van der Waals surface area contributed by atoms with E-state index in [4.69, 9.17) is 5.26 Å². The fraction of sp³-hybridized carbons (Fsp3) is 0.385. The highest BCUT2D eigenvalue weighted by Gasteiger charge is 2.17. The van der Waals surface area contributed by atoms with Crippen LogP contribution in [0.4, 0.5) is 5.82 Å². The monoisotopic (exact) mass is 228 g/mol. The summed E-state index contributed by atoms with van der Waals surface area (Å²) in [5, 5.41) is 8.71. The molecule has 2 heterocycles. The van der Waals surface area contributed by atoms with E-state index in [9.17, 15) is 0 Å². The molecule has 0 aliphatic carbocycles. The van der Waals surface area contributed by atoms with E-state index in [1.807, 2.05) is 19.1 Å². The molecule has 0 bridgehead atoms. The van der Waals surface area contributed by atoms with Gasteiger partial charge in [-0.15, -0.1) is 0 Å². The third-order valence-electron chi connectivity index (χ3n) is 3.02. The van der Waals surface area contributed by atoms with Crippen LogP contribution in [-0.4, -0.2) is 36.1 Å². The van der Waals surface area contributed by atoms with Gasteiger partial charge in [-0.2, -0.15) is 5.26 Å². The number of hydrogen-bond donors (Lipinski definition) is 0. The number of anilines is 1. The molecule has 0 radical (unpaired) electrons. The quantitative estimate of drug-likeness (QED) is 0.771. The van der Waals surface area contributed by atoms with Gasteiger partial charge < -0.3 is 9.80 Å². The molecule has 1 fully saturated rings. The van der Waals surface area contributed by atoms with Crippen molar-refractivity contribution < 1.29 is 0 Å². The van der Waals surface area contributed by atoms with E-state index in [1.165, 1.54) is 0 Å². The lowest BCUT2D eigenvalue weighted by Crippen LogP contribution is -2.45. The van der Waals surface area contributed by atoms with Crippen LogP contribution in [-0.2, 0) is 0 Å². The number of rotatable bonds is 2. The van der Waals surface area contributed by atoms with Gasteiger partial charge in [0.1, 0.15) is 11.9 Å². The van der Waals surface area contributed by atoms with Gasteiger partial charge in [0.25, 0.3) is 0 Å². The Morgan fingerprint density at radius 1 is 1.35 bits per heavy atom. The first-order chi connectivity index (χ1) is 8.20. The fourth-order valence-corrected chi connectivity index (χ4v) is 1.96. The summed E-state index contributed by atoms with van der Waals surface area (Å²) in [5.74, 6) is 0.949. The van der Waals surface area contributed by atoms with E-state index in [2.05, 4.69) is 27.4 Å². The smallest absolute Gasteiger partial charge is 0.128 e. The maximum absolute atomic E-state index is 8.71. The van der Waals surface area contributed by atoms with E-state index >= 15 is 0 Å². The third kappa shape index (κ3) is 2.56. The molecule has 0 unspecified atom stereocenters. The van der Waals surface area contributed by atoms with Gasteiger partial charge in [0.15, 0.2) is 0 Å². The van der Waals surface area contributed by atoms with Crippen molar-refractivity contribution in [3.63, 3.8) is 0 Å². The predicted octanol–water partition coefficient (Wildman–Crippen LogP) is 1.61. The van der Waals surface area contributed by atoms with Gasteiger partial charge in [0.2, 0.25) is 0 Å². The molecule has 0 spiro atoms. The highest BCUT2D eigenvalue weighted by Crippen LogP contribution is 2.15. The Labute approximate surface area is 102 Å². The summed E-state index contributed by atoms with van der Waals surface area (Å²) in [7, 11) is 0. The number of nitrogens with zero attached hydrogens (tertiary/aromatic N) is 4. The number of piperazine rings is 1. The number of allylic oxidation sites excluding steroid dienone is 1. The van der Waals surface area contributed by atoms with Gasteiger partial charge in [0, 0.05) is 38.1 Å². The summed E-state index contributed by atoms with van der Waals surface area (Å²) in [4.78, 5) is 8.82. The van der Waals surface area contributed by atoms with Gasteiger partial charge in [-0.25, -0.2) is 4.98 Å². The number of pyridine rings is 1. The van der Waals surface area contributed by atoms with E-state index < -0.39 is 0 Å². The van der Waals surface area contributed by atoms with Crippen LogP contribution in [0.15, 0.2) is 30.6 Å². The van der Waals surface area contributed by atoms with E-state index in [0.29, 0.717) is 5.56 Å². The molecular formula is C13H16N4. The molecule has 0 atom stereocenters.